The molecule has 0 bridgehead atoms. The molecule has 1 saturated heterocycles. The summed E-state index contributed by atoms with van der Waals surface area (Å²) in [4.78, 5) is 4.92. The number of piperazine rings is 1. The van der Waals surface area contributed by atoms with Crippen molar-refractivity contribution in [3.8, 4) is 17.2 Å². The van der Waals surface area contributed by atoms with Gasteiger partial charge in [0.05, 0.1) is 27.4 Å². The molecule has 0 atom stereocenters. The van der Waals surface area contributed by atoms with Crippen LogP contribution in [0.5, 0.6) is 17.2 Å². The van der Waals surface area contributed by atoms with Crippen molar-refractivity contribution in [1.82, 2.24) is 9.80 Å². The molecule has 0 N–H and O–H groups in total. The smallest absolute Gasteiger partial charge is 0.123 e. The summed E-state index contributed by atoms with van der Waals surface area (Å²) < 4.78 is 22.2. The second-order valence-corrected chi connectivity index (χ2v) is 7.07. The van der Waals surface area contributed by atoms with Crippen LogP contribution in [-0.2, 0) is 11.3 Å². The lowest BCUT2D eigenvalue weighted by Crippen LogP contribution is -2.46. The number of rotatable bonds is 11. The molecule has 1 aliphatic rings. The Hall–Kier alpha value is -2.28. The number of methoxy groups -OCH3 is 2. The van der Waals surface area contributed by atoms with Crippen molar-refractivity contribution in [3.05, 3.63) is 54.1 Å². The van der Waals surface area contributed by atoms with Gasteiger partial charge in [0.25, 0.3) is 0 Å². The number of hydrogen-bond acceptors (Lipinski definition) is 6. The average Bonchev–Trinajstić information content (AvgIpc) is 2.78. The predicted octanol–water partition coefficient (Wildman–Crippen LogP) is 2.92. The highest BCUT2D eigenvalue weighted by molar-refractivity contribution is 5.40. The summed E-state index contributed by atoms with van der Waals surface area (Å²) in [5.74, 6) is 2.67. The molecule has 29 heavy (non-hydrogen) atoms. The summed E-state index contributed by atoms with van der Waals surface area (Å²) >= 11 is 0. The van der Waals surface area contributed by atoms with Crippen molar-refractivity contribution in [2.45, 2.75) is 6.54 Å². The first-order valence-electron chi connectivity index (χ1n) is 10.2. The molecular weight excluding hydrogens is 368 g/mol. The van der Waals surface area contributed by atoms with Gasteiger partial charge in [-0.05, 0) is 30.3 Å². The van der Waals surface area contributed by atoms with E-state index in [2.05, 4.69) is 15.9 Å². The van der Waals surface area contributed by atoms with E-state index in [9.17, 15) is 0 Å². The van der Waals surface area contributed by atoms with Crippen molar-refractivity contribution < 1.29 is 18.9 Å². The van der Waals surface area contributed by atoms with Gasteiger partial charge in [0, 0.05) is 44.8 Å². The molecule has 0 aromatic heterocycles. The van der Waals surface area contributed by atoms with Crippen LogP contribution < -0.4 is 14.2 Å². The summed E-state index contributed by atoms with van der Waals surface area (Å²) in [6, 6.07) is 15.8. The zero-order chi connectivity index (χ0) is 20.3. The lowest BCUT2D eigenvalue weighted by atomic mass is 10.1. The fourth-order valence-electron chi connectivity index (χ4n) is 3.45. The molecule has 0 saturated carbocycles. The number of ether oxygens (including phenoxy) is 4. The third kappa shape index (κ3) is 6.92. The van der Waals surface area contributed by atoms with Crippen LogP contribution in [0.4, 0.5) is 0 Å². The van der Waals surface area contributed by atoms with Crippen molar-refractivity contribution in [1.29, 1.82) is 0 Å². The van der Waals surface area contributed by atoms with Gasteiger partial charge >= 0.3 is 0 Å². The third-order valence-electron chi connectivity index (χ3n) is 5.14. The number of hydrogen-bond donors (Lipinski definition) is 0. The van der Waals surface area contributed by atoms with Crippen LogP contribution in [0.2, 0.25) is 0 Å². The Morgan fingerprint density at radius 2 is 1.52 bits per heavy atom. The second kappa shape index (κ2) is 11.7. The average molecular weight is 401 g/mol. The Morgan fingerprint density at radius 3 is 2.24 bits per heavy atom. The molecular formula is C23H32N2O4. The molecule has 1 aliphatic heterocycles. The maximum atomic E-state index is 5.73. The second-order valence-electron chi connectivity index (χ2n) is 7.07. The topological polar surface area (TPSA) is 43.4 Å². The minimum absolute atomic E-state index is 0.583. The Balaban J connectivity index is 1.30. The van der Waals surface area contributed by atoms with Gasteiger partial charge in [-0.3, -0.25) is 9.80 Å². The van der Waals surface area contributed by atoms with E-state index in [-0.39, 0.29) is 0 Å². The Bertz CT molecular complexity index is 718. The summed E-state index contributed by atoms with van der Waals surface area (Å²) in [5.41, 5.74) is 1.17. The Kier molecular flexibility index (Phi) is 8.61. The maximum Gasteiger partial charge on any atom is 0.123 e. The SMILES string of the molecule is COc1ccc(OC)c(CN2CCN(CCOCCOc3ccccc3)CC2)c1. The van der Waals surface area contributed by atoms with Crippen LogP contribution >= 0.6 is 0 Å². The van der Waals surface area contributed by atoms with E-state index >= 15 is 0 Å². The molecule has 0 radical (unpaired) electrons. The van der Waals surface area contributed by atoms with E-state index in [1.165, 1.54) is 5.56 Å². The first kappa shape index (κ1) is 21.4. The largest absolute Gasteiger partial charge is 0.497 e. The minimum Gasteiger partial charge on any atom is -0.497 e. The molecule has 2 aromatic rings. The van der Waals surface area contributed by atoms with Crippen LogP contribution in [0.15, 0.2) is 48.5 Å². The zero-order valence-corrected chi connectivity index (χ0v) is 17.5. The van der Waals surface area contributed by atoms with E-state index in [4.69, 9.17) is 18.9 Å². The van der Waals surface area contributed by atoms with Gasteiger partial charge in [-0.2, -0.15) is 0 Å². The molecule has 158 valence electrons. The minimum atomic E-state index is 0.583. The van der Waals surface area contributed by atoms with Crippen molar-refractivity contribution in [2.24, 2.45) is 0 Å². The molecule has 2 aromatic carbocycles. The molecule has 1 fully saturated rings. The van der Waals surface area contributed by atoms with Gasteiger partial charge in [-0.1, -0.05) is 18.2 Å². The standard InChI is InChI=1S/C23H32N2O4/c1-26-22-8-9-23(27-2)20(18-22)19-25-12-10-24(11-13-25)14-15-28-16-17-29-21-6-4-3-5-7-21/h3-9,18H,10-17,19H2,1-2H3. The summed E-state index contributed by atoms with van der Waals surface area (Å²) in [5, 5.41) is 0. The highest BCUT2D eigenvalue weighted by atomic mass is 16.5. The van der Waals surface area contributed by atoms with Gasteiger partial charge in [0.15, 0.2) is 0 Å². The van der Waals surface area contributed by atoms with Crippen LogP contribution in [0.1, 0.15) is 5.56 Å². The number of benzene rings is 2. The molecule has 3 rings (SSSR count). The number of para-hydroxylation sites is 1. The Morgan fingerprint density at radius 1 is 0.759 bits per heavy atom. The molecule has 0 aliphatic carbocycles. The molecule has 0 unspecified atom stereocenters. The lowest BCUT2D eigenvalue weighted by molar-refractivity contribution is 0.0601. The van der Waals surface area contributed by atoms with Gasteiger partial charge in [0.1, 0.15) is 23.9 Å². The van der Waals surface area contributed by atoms with Crippen molar-refractivity contribution >= 4 is 0 Å². The molecule has 6 heteroatoms. The van der Waals surface area contributed by atoms with E-state index < -0.39 is 0 Å². The third-order valence-corrected chi connectivity index (χ3v) is 5.14. The van der Waals surface area contributed by atoms with Crippen molar-refractivity contribution in [3.63, 3.8) is 0 Å². The summed E-state index contributed by atoms with van der Waals surface area (Å²) in [6.07, 6.45) is 0. The highest BCUT2D eigenvalue weighted by Gasteiger charge is 2.18. The molecule has 6 nitrogen and oxygen atoms in total. The quantitative estimate of drug-likeness (QED) is 0.541. The summed E-state index contributed by atoms with van der Waals surface area (Å²) in [6.45, 7) is 7.96. The van der Waals surface area contributed by atoms with Gasteiger partial charge in [-0.25, -0.2) is 0 Å². The fraction of sp³-hybridized carbons (Fsp3) is 0.478. The van der Waals surface area contributed by atoms with E-state index in [1.807, 2.05) is 42.5 Å². The molecule has 0 amide bonds. The van der Waals surface area contributed by atoms with Gasteiger partial charge < -0.3 is 18.9 Å². The van der Waals surface area contributed by atoms with Gasteiger partial charge in [-0.15, -0.1) is 0 Å². The maximum absolute atomic E-state index is 5.73. The van der Waals surface area contributed by atoms with Crippen LogP contribution in [0.25, 0.3) is 0 Å². The predicted molar refractivity (Wildman–Crippen MR) is 114 cm³/mol. The van der Waals surface area contributed by atoms with Crippen LogP contribution in [0, 0.1) is 0 Å². The Labute approximate surface area is 173 Å². The van der Waals surface area contributed by atoms with Gasteiger partial charge in [0.2, 0.25) is 0 Å². The lowest BCUT2D eigenvalue weighted by Gasteiger charge is -2.34. The highest BCUT2D eigenvalue weighted by Crippen LogP contribution is 2.25. The van der Waals surface area contributed by atoms with E-state index in [0.717, 1.165) is 63.1 Å². The summed E-state index contributed by atoms with van der Waals surface area (Å²) in [7, 11) is 3.41. The zero-order valence-electron chi connectivity index (χ0n) is 17.5. The van der Waals surface area contributed by atoms with Crippen LogP contribution in [-0.4, -0.2) is 76.6 Å². The number of nitrogens with zero attached hydrogens (tertiary/aromatic N) is 2. The monoisotopic (exact) mass is 400 g/mol. The van der Waals surface area contributed by atoms with E-state index in [1.54, 1.807) is 14.2 Å². The fourth-order valence-corrected chi connectivity index (χ4v) is 3.45. The first-order chi connectivity index (χ1) is 14.3. The van der Waals surface area contributed by atoms with Crippen molar-refractivity contribution in [2.75, 3.05) is 66.8 Å². The van der Waals surface area contributed by atoms with Crippen LogP contribution in [0.3, 0.4) is 0 Å². The van der Waals surface area contributed by atoms with E-state index in [0.29, 0.717) is 13.2 Å². The normalized spacial score (nSPS) is 15.2. The molecule has 1 heterocycles. The first-order valence-corrected chi connectivity index (χ1v) is 10.2. The molecule has 0 spiro atoms.